The van der Waals surface area contributed by atoms with Crippen molar-refractivity contribution in [3.63, 3.8) is 0 Å². The molecular weight excluding hydrogens is 124 g/mol. The summed E-state index contributed by atoms with van der Waals surface area (Å²) in [6.07, 6.45) is 7.00. The maximum absolute atomic E-state index is 5.01. The summed E-state index contributed by atoms with van der Waals surface area (Å²) in [7, 11) is 1.73. The fourth-order valence-electron chi connectivity index (χ4n) is 0.759. The molecule has 0 aliphatic heterocycles. The highest BCUT2D eigenvalue weighted by Crippen LogP contribution is 2.03. The molecule has 0 rings (SSSR count). The van der Waals surface area contributed by atoms with Gasteiger partial charge in [0.1, 0.15) is 0 Å². The van der Waals surface area contributed by atoms with E-state index in [9.17, 15) is 0 Å². The predicted octanol–water partition coefficient (Wildman–Crippen LogP) is 2.40. The fraction of sp³-hybridized carbons (Fsp3) is 0.556. The van der Waals surface area contributed by atoms with E-state index in [1.54, 1.807) is 13.2 Å². The van der Waals surface area contributed by atoms with Gasteiger partial charge in [-0.1, -0.05) is 31.7 Å². The van der Waals surface area contributed by atoms with Crippen LogP contribution in [0.1, 0.15) is 13.3 Å². The molecule has 1 heteroatoms. The average Bonchev–Trinajstić information content (AvgIpc) is 1.98. The number of ether oxygens (including phenoxy) is 1. The van der Waals surface area contributed by atoms with Crippen molar-refractivity contribution in [3.05, 3.63) is 24.8 Å². The van der Waals surface area contributed by atoms with Crippen LogP contribution in [0, 0.1) is 5.92 Å². The minimum Gasteiger partial charge on any atom is -0.384 e. The van der Waals surface area contributed by atoms with Crippen molar-refractivity contribution in [2.24, 2.45) is 5.92 Å². The highest BCUT2D eigenvalue weighted by molar-refractivity contribution is 4.99. The van der Waals surface area contributed by atoms with Crippen molar-refractivity contribution in [1.29, 1.82) is 0 Å². The van der Waals surface area contributed by atoms with Gasteiger partial charge >= 0.3 is 0 Å². The van der Waals surface area contributed by atoms with E-state index in [-0.39, 0.29) is 0 Å². The first-order valence-electron chi connectivity index (χ1n) is 3.63. The lowest BCUT2D eigenvalue weighted by Gasteiger charge is -2.06. The van der Waals surface area contributed by atoms with Gasteiger partial charge in [0.05, 0.1) is 6.61 Å². The Hall–Kier alpha value is -0.560. The first-order chi connectivity index (χ1) is 4.85. The normalized spacial score (nSPS) is 13.8. The van der Waals surface area contributed by atoms with Gasteiger partial charge in [0, 0.05) is 13.0 Å². The van der Waals surface area contributed by atoms with Crippen molar-refractivity contribution in [2.45, 2.75) is 13.3 Å². The second kappa shape index (κ2) is 6.56. The lowest BCUT2D eigenvalue weighted by atomic mass is 10.1. The molecule has 0 aliphatic carbocycles. The summed E-state index contributed by atoms with van der Waals surface area (Å²) in [6, 6.07) is 0. The van der Waals surface area contributed by atoms with E-state index in [4.69, 9.17) is 4.74 Å². The van der Waals surface area contributed by atoms with Crippen molar-refractivity contribution in [2.75, 3.05) is 13.7 Å². The number of hydrogen-bond donors (Lipinski definition) is 0. The molecule has 1 nitrogen and oxygen atoms in total. The molecule has 0 aliphatic rings. The number of allylic oxidation sites excluding steroid dienone is 2. The molecule has 0 saturated carbocycles. The lowest BCUT2D eigenvalue weighted by Crippen LogP contribution is -2.02. The summed E-state index contributed by atoms with van der Waals surface area (Å²) in [5.74, 6) is 0.544. The highest BCUT2D eigenvalue weighted by Gasteiger charge is 1.97. The third-order valence-electron chi connectivity index (χ3n) is 1.42. The molecule has 0 N–H and O–H groups in total. The molecule has 0 bridgehead atoms. The molecule has 0 aromatic carbocycles. The van der Waals surface area contributed by atoms with Crippen LogP contribution in [-0.2, 0) is 4.74 Å². The van der Waals surface area contributed by atoms with Crippen LogP contribution in [0.15, 0.2) is 24.8 Å². The summed E-state index contributed by atoms with van der Waals surface area (Å²) in [4.78, 5) is 0. The highest BCUT2D eigenvalue weighted by atomic mass is 16.5. The summed E-state index contributed by atoms with van der Waals surface area (Å²) in [5.41, 5.74) is 0. The van der Waals surface area contributed by atoms with Crippen LogP contribution < -0.4 is 0 Å². The maximum atomic E-state index is 5.01. The average molecular weight is 140 g/mol. The second-order valence-electron chi connectivity index (χ2n) is 2.24. The zero-order valence-electron chi connectivity index (χ0n) is 6.84. The van der Waals surface area contributed by atoms with Crippen LogP contribution in [0.2, 0.25) is 0 Å². The molecular formula is C9H16O. The summed E-state index contributed by atoms with van der Waals surface area (Å²) in [5, 5.41) is 0. The Morgan fingerprint density at radius 1 is 1.60 bits per heavy atom. The Morgan fingerprint density at radius 3 is 2.70 bits per heavy atom. The first kappa shape index (κ1) is 9.44. The van der Waals surface area contributed by atoms with Crippen LogP contribution in [0.4, 0.5) is 0 Å². The largest absolute Gasteiger partial charge is 0.384 e. The number of hydrogen-bond acceptors (Lipinski definition) is 1. The van der Waals surface area contributed by atoms with E-state index in [1.165, 1.54) is 0 Å². The molecule has 10 heavy (non-hydrogen) atoms. The van der Waals surface area contributed by atoms with Gasteiger partial charge in [-0.05, 0) is 6.42 Å². The topological polar surface area (TPSA) is 9.23 Å². The second-order valence-corrected chi connectivity index (χ2v) is 2.24. The van der Waals surface area contributed by atoms with Crippen molar-refractivity contribution >= 4 is 0 Å². The van der Waals surface area contributed by atoms with Gasteiger partial charge in [0.15, 0.2) is 0 Å². The molecule has 0 spiro atoms. The monoisotopic (exact) mass is 140 g/mol. The predicted molar refractivity (Wildman–Crippen MR) is 45.0 cm³/mol. The quantitative estimate of drug-likeness (QED) is 0.533. The molecule has 0 unspecified atom stereocenters. The minimum atomic E-state index is 0.544. The summed E-state index contributed by atoms with van der Waals surface area (Å²) in [6.45, 7) is 6.56. The van der Waals surface area contributed by atoms with Crippen molar-refractivity contribution in [1.82, 2.24) is 0 Å². The molecule has 1 atom stereocenters. The summed E-state index contributed by atoms with van der Waals surface area (Å²) < 4.78 is 5.01. The minimum absolute atomic E-state index is 0.544. The van der Waals surface area contributed by atoms with E-state index in [1.807, 2.05) is 6.08 Å². The van der Waals surface area contributed by atoms with Crippen LogP contribution in [0.5, 0.6) is 0 Å². The van der Waals surface area contributed by atoms with Crippen molar-refractivity contribution in [3.8, 4) is 0 Å². The molecule has 0 fully saturated rings. The molecule has 0 saturated heterocycles. The Balaban J connectivity index is 3.58. The van der Waals surface area contributed by atoms with Crippen molar-refractivity contribution < 1.29 is 4.74 Å². The maximum Gasteiger partial charge on any atom is 0.0525 e. The van der Waals surface area contributed by atoms with Gasteiger partial charge in [0.25, 0.3) is 0 Å². The van der Waals surface area contributed by atoms with E-state index in [2.05, 4.69) is 19.6 Å². The van der Waals surface area contributed by atoms with E-state index in [0.717, 1.165) is 13.0 Å². The van der Waals surface area contributed by atoms with Gasteiger partial charge in [-0.3, -0.25) is 0 Å². The van der Waals surface area contributed by atoms with E-state index < -0.39 is 0 Å². The van der Waals surface area contributed by atoms with Gasteiger partial charge in [-0.2, -0.15) is 0 Å². The molecule has 0 radical (unpaired) electrons. The Labute approximate surface area is 63.4 Å². The zero-order valence-corrected chi connectivity index (χ0v) is 6.84. The third kappa shape index (κ3) is 4.33. The SMILES string of the molecule is C=C/C=C\[C@H](CC)COC. The van der Waals surface area contributed by atoms with E-state index >= 15 is 0 Å². The van der Waals surface area contributed by atoms with E-state index in [0.29, 0.717) is 5.92 Å². The molecule has 58 valence electrons. The van der Waals surface area contributed by atoms with Crippen LogP contribution >= 0.6 is 0 Å². The van der Waals surface area contributed by atoms with Gasteiger partial charge in [-0.25, -0.2) is 0 Å². The van der Waals surface area contributed by atoms with Crippen LogP contribution in [0.3, 0.4) is 0 Å². The smallest absolute Gasteiger partial charge is 0.0525 e. The Kier molecular flexibility index (Phi) is 6.19. The van der Waals surface area contributed by atoms with Gasteiger partial charge in [-0.15, -0.1) is 0 Å². The lowest BCUT2D eigenvalue weighted by molar-refractivity contribution is 0.168. The van der Waals surface area contributed by atoms with Gasteiger partial charge < -0.3 is 4.74 Å². The first-order valence-corrected chi connectivity index (χ1v) is 3.63. The number of rotatable bonds is 5. The van der Waals surface area contributed by atoms with Crippen LogP contribution in [-0.4, -0.2) is 13.7 Å². The molecule has 0 amide bonds. The Bertz CT molecular complexity index is 105. The third-order valence-corrected chi connectivity index (χ3v) is 1.42. The van der Waals surface area contributed by atoms with Gasteiger partial charge in [0.2, 0.25) is 0 Å². The molecule has 0 heterocycles. The van der Waals surface area contributed by atoms with Crippen LogP contribution in [0.25, 0.3) is 0 Å². The fourth-order valence-corrected chi connectivity index (χ4v) is 0.759. The Morgan fingerprint density at radius 2 is 2.30 bits per heavy atom. The standard InChI is InChI=1S/C9H16O/c1-4-6-7-9(5-2)8-10-3/h4,6-7,9H,1,5,8H2,2-3H3/b7-6-/t9-/m0/s1. The molecule has 0 aromatic rings. The zero-order chi connectivity index (χ0) is 7.82. The number of methoxy groups -OCH3 is 1. The molecule has 0 aromatic heterocycles. The summed E-state index contributed by atoms with van der Waals surface area (Å²) >= 11 is 0.